The lowest BCUT2D eigenvalue weighted by molar-refractivity contribution is -0.148. The molecule has 0 saturated heterocycles. The number of esters is 1. The van der Waals surface area contributed by atoms with Gasteiger partial charge in [-0.2, -0.15) is 0 Å². The summed E-state index contributed by atoms with van der Waals surface area (Å²) in [6.07, 6.45) is 1.12. The zero-order valence-electron chi connectivity index (χ0n) is 16.1. The molecule has 1 amide bonds. The number of rotatable bonds is 7. The number of benzene rings is 2. The minimum atomic E-state index is -3.65. The van der Waals surface area contributed by atoms with Crippen LogP contribution in [-0.2, 0) is 24.3 Å². The Balaban J connectivity index is 2.01. The van der Waals surface area contributed by atoms with Crippen molar-refractivity contribution in [3.63, 3.8) is 0 Å². The summed E-state index contributed by atoms with van der Waals surface area (Å²) >= 11 is 0. The topological polar surface area (TPSA) is 92.8 Å². The molecule has 2 rings (SSSR count). The molecule has 0 fully saturated rings. The monoisotopic (exact) mass is 420 g/mol. The Hall–Kier alpha value is -3.04. The van der Waals surface area contributed by atoms with Crippen molar-refractivity contribution in [2.75, 3.05) is 19.4 Å². The van der Waals surface area contributed by atoms with E-state index in [9.17, 15) is 22.4 Å². The number of sulfonamides is 1. The van der Waals surface area contributed by atoms with E-state index >= 15 is 0 Å². The summed E-state index contributed by atoms with van der Waals surface area (Å²) < 4.78 is 43.9. The number of hydrogen-bond acceptors (Lipinski definition) is 5. The van der Waals surface area contributed by atoms with Crippen molar-refractivity contribution in [2.45, 2.75) is 17.9 Å². The van der Waals surface area contributed by atoms with Crippen molar-refractivity contribution in [3.8, 4) is 0 Å². The van der Waals surface area contributed by atoms with Gasteiger partial charge in [-0.3, -0.25) is 4.79 Å². The van der Waals surface area contributed by atoms with Crippen LogP contribution < -0.4 is 5.32 Å². The van der Waals surface area contributed by atoms with E-state index in [0.29, 0.717) is 0 Å². The third-order valence-electron chi connectivity index (χ3n) is 3.85. The zero-order chi connectivity index (χ0) is 21.6. The van der Waals surface area contributed by atoms with Crippen LogP contribution in [0.1, 0.15) is 12.5 Å². The third kappa shape index (κ3) is 5.97. The highest BCUT2D eigenvalue weighted by molar-refractivity contribution is 7.89. The first-order valence-electron chi connectivity index (χ1n) is 8.58. The zero-order valence-corrected chi connectivity index (χ0v) is 16.9. The molecule has 1 atom stereocenters. The number of nitrogens with one attached hydrogen (secondary N) is 1. The van der Waals surface area contributed by atoms with E-state index in [0.717, 1.165) is 10.4 Å². The highest BCUT2D eigenvalue weighted by Crippen LogP contribution is 2.18. The molecule has 0 spiro atoms. The Morgan fingerprint density at radius 1 is 1.14 bits per heavy atom. The summed E-state index contributed by atoms with van der Waals surface area (Å²) in [5.74, 6) is -1.95. The Bertz CT molecular complexity index is 1030. The van der Waals surface area contributed by atoms with E-state index in [1.165, 1.54) is 69.6 Å². The molecule has 2 aromatic rings. The molecule has 0 aromatic heterocycles. The molecule has 1 N–H and O–H groups in total. The second kappa shape index (κ2) is 9.44. The summed E-state index contributed by atoms with van der Waals surface area (Å²) in [5.41, 5.74) is 0.447. The lowest BCUT2D eigenvalue weighted by Crippen LogP contribution is -2.29. The maximum absolute atomic E-state index is 13.5. The van der Waals surface area contributed by atoms with Crippen LogP contribution in [0.5, 0.6) is 0 Å². The van der Waals surface area contributed by atoms with Gasteiger partial charge < -0.3 is 10.1 Å². The van der Waals surface area contributed by atoms with Crippen LogP contribution in [-0.4, -0.2) is 44.8 Å². The fraction of sp³-hybridized carbons (Fsp3) is 0.200. The van der Waals surface area contributed by atoms with Crippen LogP contribution in [0.25, 0.3) is 6.08 Å². The van der Waals surface area contributed by atoms with Crippen molar-refractivity contribution in [1.29, 1.82) is 0 Å². The van der Waals surface area contributed by atoms with Crippen LogP contribution in [0.2, 0.25) is 0 Å². The molecule has 0 aliphatic carbocycles. The van der Waals surface area contributed by atoms with Gasteiger partial charge in [-0.15, -0.1) is 0 Å². The molecule has 0 aliphatic heterocycles. The Morgan fingerprint density at radius 3 is 2.48 bits per heavy atom. The van der Waals surface area contributed by atoms with Gasteiger partial charge in [-0.25, -0.2) is 21.9 Å². The standard InChI is InChI=1S/C20H21FN2O5S/c1-14(28-19(24)12-11-15-7-4-5-10-18(15)21)20(25)22-16-8-6-9-17(13-16)29(26,27)23(2)3/h4-14H,1-3H3,(H,22,25)/b12-11+/t14-/m1/s1. The third-order valence-corrected chi connectivity index (χ3v) is 5.66. The number of carbonyl (C=O) groups is 2. The van der Waals surface area contributed by atoms with Gasteiger partial charge in [0.05, 0.1) is 4.90 Å². The van der Waals surface area contributed by atoms with Gasteiger partial charge in [0.15, 0.2) is 6.10 Å². The van der Waals surface area contributed by atoms with Crippen molar-refractivity contribution in [1.82, 2.24) is 4.31 Å². The average molecular weight is 420 g/mol. The fourth-order valence-corrected chi connectivity index (χ4v) is 3.17. The quantitative estimate of drug-likeness (QED) is 0.549. The van der Waals surface area contributed by atoms with E-state index in [-0.39, 0.29) is 16.1 Å². The summed E-state index contributed by atoms with van der Waals surface area (Å²) in [5, 5.41) is 2.50. The minimum absolute atomic E-state index is 0.0118. The van der Waals surface area contributed by atoms with Gasteiger partial charge in [0.2, 0.25) is 10.0 Å². The predicted molar refractivity (Wildman–Crippen MR) is 107 cm³/mol. The lowest BCUT2D eigenvalue weighted by atomic mass is 10.2. The van der Waals surface area contributed by atoms with Crippen LogP contribution in [0.3, 0.4) is 0 Å². The number of amides is 1. The first kappa shape index (κ1) is 22.3. The lowest BCUT2D eigenvalue weighted by Gasteiger charge is -2.14. The summed E-state index contributed by atoms with van der Waals surface area (Å²) in [7, 11) is -0.855. The maximum atomic E-state index is 13.5. The van der Waals surface area contributed by atoms with E-state index in [2.05, 4.69) is 5.32 Å². The van der Waals surface area contributed by atoms with E-state index in [1.807, 2.05) is 0 Å². The molecule has 154 valence electrons. The van der Waals surface area contributed by atoms with Crippen molar-refractivity contribution < 1.29 is 27.1 Å². The van der Waals surface area contributed by atoms with Gasteiger partial charge >= 0.3 is 5.97 Å². The number of nitrogens with zero attached hydrogens (tertiary/aromatic N) is 1. The molecule has 0 radical (unpaired) electrons. The van der Waals surface area contributed by atoms with Gasteiger partial charge in [0.25, 0.3) is 5.91 Å². The molecule has 0 saturated carbocycles. The van der Waals surface area contributed by atoms with E-state index < -0.39 is 33.8 Å². The predicted octanol–water partition coefficient (Wildman–Crippen LogP) is 2.66. The van der Waals surface area contributed by atoms with Crippen LogP contribution in [0.15, 0.2) is 59.5 Å². The summed E-state index contributed by atoms with van der Waals surface area (Å²) in [6, 6.07) is 11.6. The number of hydrogen-bond donors (Lipinski definition) is 1. The first-order chi connectivity index (χ1) is 13.6. The number of halogens is 1. The van der Waals surface area contributed by atoms with Gasteiger partial charge in [-0.05, 0) is 37.3 Å². The Kier molecular flexibility index (Phi) is 7.24. The van der Waals surface area contributed by atoms with Gasteiger partial charge in [-0.1, -0.05) is 24.3 Å². The summed E-state index contributed by atoms with van der Waals surface area (Å²) in [6.45, 7) is 1.37. The highest BCUT2D eigenvalue weighted by Gasteiger charge is 2.20. The fourth-order valence-electron chi connectivity index (χ4n) is 2.22. The molecule has 7 nitrogen and oxygen atoms in total. The second-order valence-corrected chi connectivity index (χ2v) is 8.39. The Morgan fingerprint density at radius 2 is 1.83 bits per heavy atom. The van der Waals surface area contributed by atoms with Crippen LogP contribution in [0.4, 0.5) is 10.1 Å². The number of ether oxygens (including phenoxy) is 1. The largest absolute Gasteiger partial charge is 0.449 e. The minimum Gasteiger partial charge on any atom is -0.449 e. The van der Waals surface area contributed by atoms with E-state index in [1.54, 1.807) is 6.07 Å². The van der Waals surface area contributed by atoms with Gasteiger partial charge in [0, 0.05) is 31.4 Å². The normalized spacial score (nSPS) is 12.7. The SMILES string of the molecule is C[C@@H](OC(=O)/C=C/c1ccccc1F)C(=O)Nc1cccc(S(=O)(=O)N(C)C)c1. The van der Waals surface area contributed by atoms with Crippen LogP contribution >= 0.6 is 0 Å². The molecule has 9 heteroatoms. The molecule has 0 aliphatic rings. The Labute approximate surface area is 168 Å². The van der Waals surface area contributed by atoms with Crippen molar-refractivity contribution in [3.05, 3.63) is 66.0 Å². The number of carbonyl (C=O) groups excluding carboxylic acids is 2. The maximum Gasteiger partial charge on any atom is 0.331 e. The molecule has 0 bridgehead atoms. The second-order valence-electron chi connectivity index (χ2n) is 6.24. The first-order valence-corrected chi connectivity index (χ1v) is 10.0. The van der Waals surface area contributed by atoms with Crippen molar-refractivity contribution >= 4 is 33.7 Å². The number of anilines is 1. The molecular weight excluding hydrogens is 399 g/mol. The molecule has 0 unspecified atom stereocenters. The summed E-state index contributed by atoms with van der Waals surface area (Å²) in [4.78, 5) is 24.1. The van der Waals surface area contributed by atoms with Crippen molar-refractivity contribution in [2.24, 2.45) is 0 Å². The molecule has 0 heterocycles. The smallest absolute Gasteiger partial charge is 0.331 e. The molecule has 2 aromatic carbocycles. The molecule has 29 heavy (non-hydrogen) atoms. The molecular formula is C20H21FN2O5S. The van der Waals surface area contributed by atoms with Gasteiger partial charge in [0.1, 0.15) is 5.82 Å². The van der Waals surface area contributed by atoms with Crippen LogP contribution in [0, 0.1) is 5.82 Å². The highest BCUT2D eigenvalue weighted by atomic mass is 32.2. The average Bonchev–Trinajstić information content (AvgIpc) is 2.67. The van der Waals surface area contributed by atoms with E-state index in [4.69, 9.17) is 4.74 Å².